The number of aliphatic hydroxyl groups excluding tert-OH is 2. The van der Waals surface area contributed by atoms with Crippen LogP contribution in [0.1, 0.15) is 495 Å². The first-order valence-electron chi connectivity index (χ1n) is 43.1. The summed E-state index contributed by atoms with van der Waals surface area (Å²) in [6.07, 6.45) is 107. The van der Waals surface area contributed by atoms with Crippen molar-refractivity contribution in [2.75, 3.05) is 13.2 Å². The number of carbonyl (C=O) groups excluding carboxylic acids is 2. The van der Waals surface area contributed by atoms with Crippen LogP contribution in [0.2, 0.25) is 0 Å². The molecule has 552 valence electrons. The Morgan fingerprint density at radius 1 is 0.301 bits per heavy atom. The smallest absolute Gasteiger partial charge is 0.305 e. The molecular weight excluding hydrogens is 1140 g/mol. The highest BCUT2D eigenvalue weighted by Gasteiger charge is 2.20. The molecular formula is C87H169NO5. The number of rotatable bonds is 82. The van der Waals surface area contributed by atoms with Crippen LogP contribution < -0.4 is 5.32 Å². The van der Waals surface area contributed by atoms with Crippen molar-refractivity contribution in [3.05, 3.63) is 24.3 Å². The predicted molar refractivity (Wildman–Crippen MR) is 412 cm³/mol. The first-order chi connectivity index (χ1) is 46.0. The fourth-order valence-corrected chi connectivity index (χ4v) is 14.0. The van der Waals surface area contributed by atoms with E-state index in [0.29, 0.717) is 25.9 Å². The lowest BCUT2D eigenvalue weighted by Gasteiger charge is -2.22. The summed E-state index contributed by atoms with van der Waals surface area (Å²) in [5, 5.41) is 23.5. The van der Waals surface area contributed by atoms with E-state index in [9.17, 15) is 19.8 Å². The summed E-state index contributed by atoms with van der Waals surface area (Å²) in [6.45, 7) is 4.99. The van der Waals surface area contributed by atoms with Crippen LogP contribution in [0.5, 0.6) is 0 Å². The maximum absolute atomic E-state index is 12.6. The van der Waals surface area contributed by atoms with Gasteiger partial charge in [-0.2, -0.15) is 0 Å². The normalized spacial score (nSPS) is 12.5. The van der Waals surface area contributed by atoms with Crippen LogP contribution in [0, 0.1) is 0 Å². The second kappa shape index (κ2) is 82.8. The lowest BCUT2D eigenvalue weighted by atomic mass is 10.0. The molecule has 0 saturated carbocycles. The Morgan fingerprint density at radius 3 is 0.839 bits per heavy atom. The number of hydrogen-bond donors (Lipinski definition) is 3. The van der Waals surface area contributed by atoms with Crippen LogP contribution in [0.3, 0.4) is 0 Å². The third-order valence-corrected chi connectivity index (χ3v) is 20.5. The molecule has 0 fully saturated rings. The molecule has 0 spiro atoms. The maximum atomic E-state index is 12.6. The van der Waals surface area contributed by atoms with Gasteiger partial charge in [0.1, 0.15) is 0 Å². The highest BCUT2D eigenvalue weighted by atomic mass is 16.5. The lowest BCUT2D eigenvalue weighted by Crippen LogP contribution is -2.45. The van der Waals surface area contributed by atoms with Gasteiger partial charge >= 0.3 is 5.97 Å². The maximum Gasteiger partial charge on any atom is 0.305 e. The van der Waals surface area contributed by atoms with Crippen molar-refractivity contribution in [2.24, 2.45) is 0 Å². The van der Waals surface area contributed by atoms with Crippen LogP contribution in [-0.4, -0.2) is 47.4 Å². The van der Waals surface area contributed by atoms with E-state index in [1.165, 1.54) is 411 Å². The highest BCUT2D eigenvalue weighted by molar-refractivity contribution is 5.76. The molecule has 0 rings (SSSR count). The minimum atomic E-state index is -0.661. The molecule has 1 amide bonds. The van der Waals surface area contributed by atoms with E-state index in [1.807, 2.05) is 0 Å². The average molecular weight is 1310 g/mol. The monoisotopic (exact) mass is 1310 g/mol. The molecule has 0 aromatic heterocycles. The van der Waals surface area contributed by atoms with Crippen molar-refractivity contribution in [2.45, 2.75) is 508 Å². The van der Waals surface area contributed by atoms with Crippen molar-refractivity contribution >= 4 is 11.9 Å². The standard InChI is InChI=1S/C87H169NO5/c1-3-5-7-9-11-13-15-17-19-21-22-23-41-44-48-51-55-59-63-67-71-75-79-85(90)84(83-89)88-86(91)80-76-72-68-64-60-56-52-49-45-42-39-37-35-33-31-29-27-25-24-26-28-30-32-34-36-38-40-43-46-50-54-58-62-66-70-74-78-82-93-87(92)81-77-73-69-65-61-57-53-47-20-18-16-14-12-10-8-6-4-2/h12,14,18,20,84-85,89-90H,3-11,13,15-17,19,21-83H2,1-2H3,(H,88,91)/b14-12-,20-18-. The second-order valence-electron chi connectivity index (χ2n) is 29.9. The van der Waals surface area contributed by atoms with Crippen molar-refractivity contribution in [3.63, 3.8) is 0 Å². The van der Waals surface area contributed by atoms with E-state index in [4.69, 9.17) is 4.74 Å². The van der Waals surface area contributed by atoms with Crippen LogP contribution in [0.15, 0.2) is 24.3 Å². The molecule has 2 atom stereocenters. The molecule has 0 aromatic rings. The van der Waals surface area contributed by atoms with Gasteiger partial charge < -0.3 is 20.3 Å². The van der Waals surface area contributed by atoms with Gasteiger partial charge in [-0.3, -0.25) is 9.59 Å². The van der Waals surface area contributed by atoms with Gasteiger partial charge in [-0.05, 0) is 57.8 Å². The predicted octanol–water partition coefficient (Wildman–Crippen LogP) is 28.8. The van der Waals surface area contributed by atoms with Crippen LogP contribution >= 0.6 is 0 Å². The summed E-state index contributed by atoms with van der Waals surface area (Å²) in [4.78, 5) is 24.7. The van der Waals surface area contributed by atoms with Gasteiger partial charge in [0.25, 0.3) is 0 Å². The van der Waals surface area contributed by atoms with Gasteiger partial charge in [-0.1, -0.05) is 449 Å². The molecule has 0 bridgehead atoms. The number of esters is 1. The number of nitrogens with one attached hydrogen (secondary N) is 1. The van der Waals surface area contributed by atoms with Crippen LogP contribution in [0.25, 0.3) is 0 Å². The number of carbonyl (C=O) groups is 2. The molecule has 0 aliphatic heterocycles. The van der Waals surface area contributed by atoms with E-state index in [-0.39, 0.29) is 18.5 Å². The first kappa shape index (κ1) is 91.3. The number of unbranched alkanes of at least 4 members (excludes halogenated alkanes) is 67. The number of ether oxygens (including phenoxy) is 1. The first-order valence-corrected chi connectivity index (χ1v) is 43.1. The molecule has 0 saturated heterocycles. The van der Waals surface area contributed by atoms with Crippen molar-refractivity contribution in [1.29, 1.82) is 0 Å². The largest absolute Gasteiger partial charge is 0.466 e. The zero-order valence-electron chi connectivity index (χ0n) is 63.5. The molecule has 3 N–H and O–H groups in total. The Bertz CT molecular complexity index is 1460. The zero-order chi connectivity index (χ0) is 67.0. The zero-order valence-corrected chi connectivity index (χ0v) is 63.5. The minimum absolute atomic E-state index is 0.0167. The van der Waals surface area contributed by atoms with E-state index < -0.39 is 12.1 Å². The number of aliphatic hydroxyl groups is 2. The topological polar surface area (TPSA) is 95.9 Å². The fourth-order valence-electron chi connectivity index (χ4n) is 14.0. The Balaban J connectivity index is 3.30. The third-order valence-electron chi connectivity index (χ3n) is 20.5. The number of allylic oxidation sites excluding steroid dienone is 4. The van der Waals surface area contributed by atoms with Crippen molar-refractivity contribution in [1.82, 2.24) is 5.32 Å². The SMILES string of the molecule is CCCCC/C=C\C/C=C\CCCCCCCCCC(=O)OCCCCCCCCCCCCCCCCCCCCCCCCCCCCCCCCCCCCCCCC(=O)NC(CO)C(O)CCCCCCCCCCCCCCCCCCCCCCCC. The molecule has 0 aliphatic rings. The Labute approximate surface area is 583 Å². The Morgan fingerprint density at radius 2 is 0.538 bits per heavy atom. The summed E-state index contributed by atoms with van der Waals surface area (Å²) < 4.78 is 5.51. The van der Waals surface area contributed by atoms with Gasteiger partial charge in [0.05, 0.1) is 25.4 Å². The van der Waals surface area contributed by atoms with E-state index in [1.54, 1.807) is 0 Å². The number of hydrogen-bond acceptors (Lipinski definition) is 5. The van der Waals surface area contributed by atoms with Gasteiger partial charge in [0.2, 0.25) is 5.91 Å². The van der Waals surface area contributed by atoms with Gasteiger partial charge in [0, 0.05) is 12.8 Å². The second-order valence-corrected chi connectivity index (χ2v) is 29.9. The van der Waals surface area contributed by atoms with Gasteiger partial charge in [0.15, 0.2) is 0 Å². The van der Waals surface area contributed by atoms with E-state index >= 15 is 0 Å². The van der Waals surface area contributed by atoms with Crippen molar-refractivity contribution < 1.29 is 24.5 Å². The lowest BCUT2D eigenvalue weighted by molar-refractivity contribution is -0.143. The van der Waals surface area contributed by atoms with Crippen LogP contribution in [-0.2, 0) is 14.3 Å². The molecule has 93 heavy (non-hydrogen) atoms. The summed E-state index contributed by atoms with van der Waals surface area (Å²) in [6, 6.07) is -0.538. The molecule has 2 unspecified atom stereocenters. The molecule has 0 aliphatic carbocycles. The van der Waals surface area contributed by atoms with E-state index in [0.717, 1.165) is 51.4 Å². The van der Waals surface area contributed by atoms with Gasteiger partial charge in [-0.25, -0.2) is 0 Å². The summed E-state index contributed by atoms with van der Waals surface area (Å²) >= 11 is 0. The summed E-state index contributed by atoms with van der Waals surface area (Å²) in [5.41, 5.74) is 0. The summed E-state index contributed by atoms with van der Waals surface area (Å²) in [7, 11) is 0. The fraction of sp³-hybridized carbons (Fsp3) is 0.931. The third kappa shape index (κ3) is 79.2. The minimum Gasteiger partial charge on any atom is -0.466 e. The quantitative estimate of drug-likeness (QED) is 0.0320. The van der Waals surface area contributed by atoms with E-state index in [2.05, 4.69) is 43.5 Å². The van der Waals surface area contributed by atoms with Crippen LogP contribution in [0.4, 0.5) is 0 Å². The highest BCUT2D eigenvalue weighted by Crippen LogP contribution is 2.21. The molecule has 0 heterocycles. The average Bonchev–Trinajstić information content (AvgIpc) is 3.78. The molecule has 0 radical (unpaired) electrons. The molecule has 6 heteroatoms. The van der Waals surface area contributed by atoms with Crippen molar-refractivity contribution in [3.8, 4) is 0 Å². The Kier molecular flexibility index (Phi) is 81.3. The molecule has 6 nitrogen and oxygen atoms in total. The number of amides is 1. The Hall–Kier alpha value is -1.66. The van der Waals surface area contributed by atoms with Gasteiger partial charge in [-0.15, -0.1) is 0 Å². The molecule has 0 aromatic carbocycles. The summed E-state index contributed by atoms with van der Waals surface area (Å²) in [5.74, 6) is -0.00650.